The summed E-state index contributed by atoms with van der Waals surface area (Å²) in [6.45, 7) is 9.44. The van der Waals surface area contributed by atoms with Gasteiger partial charge in [-0.3, -0.25) is 4.79 Å². The molecule has 1 amide bonds. The van der Waals surface area contributed by atoms with Crippen LogP contribution in [0.3, 0.4) is 0 Å². The Bertz CT molecular complexity index is 240. The van der Waals surface area contributed by atoms with Crippen LogP contribution < -0.4 is 11.1 Å². The maximum Gasteiger partial charge on any atom is 0.227 e. The third-order valence-corrected chi connectivity index (χ3v) is 3.97. The van der Waals surface area contributed by atoms with Gasteiger partial charge < -0.3 is 16.2 Å². The van der Waals surface area contributed by atoms with Gasteiger partial charge in [-0.1, -0.05) is 27.7 Å². The van der Waals surface area contributed by atoms with Crippen LogP contribution in [0.4, 0.5) is 0 Å². The van der Waals surface area contributed by atoms with Crippen molar-refractivity contribution in [3.63, 3.8) is 0 Å². The number of carbonyl (C=O) groups is 1. The largest absolute Gasteiger partial charge is 0.396 e. The first-order valence-corrected chi connectivity index (χ1v) is 6.96. The molecule has 0 atom stereocenters. The van der Waals surface area contributed by atoms with E-state index in [1.807, 2.05) is 13.8 Å². The van der Waals surface area contributed by atoms with Crippen LogP contribution in [-0.2, 0) is 4.79 Å². The molecule has 0 unspecified atom stereocenters. The van der Waals surface area contributed by atoms with Gasteiger partial charge in [0, 0.05) is 19.7 Å². The third kappa shape index (κ3) is 4.94. The molecule has 4 nitrogen and oxygen atoms in total. The van der Waals surface area contributed by atoms with Crippen molar-refractivity contribution in [3.8, 4) is 0 Å². The number of aliphatic hydroxyl groups excluding tert-OH is 1. The van der Waals surface area contributed by atoms with Gasteiger partial charge in [0.15, 0.2) is 0 Å². The number of carbonyl (C=O) groups excluding carboxylic acids is 1. The monoisotopic (exact) mass is 258 g/mol. The third-order valence-electron chi connectivity index (χ3n) is 3.97. The van der Waals surface area contributed by atoms with Gasteiger partial charge in [-0.25, -0.2) is 0 Å². The second kappa shape index (κ2) is 7.74. The molecule has 0 spiro atoms. The van der Waals surface area contributed by atoms with Crippen molar-refractivity contribution in [1.29, 1.82) is 0 Å². The number of hydrogen-bond donors (Lipinski definition) is 3. The van der Waals surface area contributed by atoms with Gasteiger partial charge in [0.1, 0.15) is 0 Å². The maximum absolute atomic E-state index is 12.2. The average molecular weight is 258 g/mol. The van der Waals surface area contributed by atoms with E-state index in [-0.39, 0.29) is 17.9 Å². The summed E-state index contributed by atoms with van der Waals surface area (Å²) < 4.78 is 0. The van der Waals surface area contributed by atoms with Crippen LogP contribution in [0.1, 0.15) is 53.4 Å². The van der Waals surface area contributed by atoms with Gasteiger partial charge in [-0.05, 0) is 31.1 Å². The fraction of sp³-hybridized carbons (Fsp3) is 0.929. The summed E-state index contributed by atoms with van der Waals surface area (Å²) in [5, 5.41) is 11.9. The Balaban J connectivity index is 4.39. The second-order valence-corrected chi connectivity index (χ2v) is 5.87. The number of nitrogens with one attached hydrogen (secondary N) is 1. The quantitative estimate of drug-likeness (QED) is 0.589. The molecule has 0 aliphatic carbocycles. The van der Waals surface area contributed by atoms with Crippen molar-refractivity contribution in [2.75, 3.05) is 19.7 Å². The van der Waals surface area contributed by atoms with E-state index in [1.165, 1.54) is 0 Å². The number of aliphatic hydroxyl groups is 1. The lowest BCUT2D eigenvalue weighted by atomic mass is 9.80. The van der Waals surface area contributed by atoms with Crippen molar-refractivity contribution in [3.05, 3.63) is 0 Å². The highest BCUT2D eigenvalue weighted by molar-refractivity contribution is 5.82. The van der Waals surface area contributed by atoms with Crippen LogP contribution in [0.2, 0.25) is 0 Å². The molecule has 4 heteroatoms. The summed E-state index contributed by atoms with van der Waals surface area (Å²) in [6.07, 6.45) is 3.20. The molecule has 0 aromatic carbocycles. The van der Waals surface area contributed by atoms with Crippen molar-refractivity contribution < 1.29 is 9.90 Å². The lowest BCUT2D eigenvalue weighted by molar-refractivity contribution is -0.131. The zero-order valence-corrected chi connectivity index (χ0v) is 12.4. The molecule has 0 aliphatic heterocycles. The Morgan fingerprint density at radius 3 is 2.22 bits per heavy atom. The van der Waals surface area contributed by atoms with Gasteiger partial charge in [-0.2, -0.15) is 0 Å². The summed E-state index contributed by atoms with van der Waals surface area (Å²) in [5.41, 5.74) is 5.35. The molecule has 0 saturated heterocycles. The van der Waals surface area contributed by atoms with E-state index >= 15 is 0 Å². The molecule has 0 fully saturated rings. The molecule has 4 N–H and O–H groups in total. The zero-order chi connectivity index (χ0) is 14.2. The Morgan fingerprint density at radius 2 is 1.83 bits per heavy atom. The highest BCUT2D eigenvalue weighted by atomic mass is 16.2. The minimum atomic E-state index is -0.424. The first-order chi connectivity index (χ1) is 8.37. The summed E-state index contributed by atoms with van der Waals surface area (Å²) in [6, 6.07) is 0. The summed E-state index contributed by atoms with van der Waals surface area (Å²) in [4.78, 5) is 12.2. The highest BCUT2D eigenvalue weighted by Gasteiger charge is 2.33. The van der Waals surface area contributed by atoms with Crippen LogP contribution in [0.15, 0.2) is 0 Å². The van der Waals surface area contributed by atoms with E-state index in [4.69, 9.17) is 10.8 Å². The SMILES string of the molecule is CCC(CC)(CN)C(=O)NCC(C)(C)CCCO. The molecular weight excluding hydrogens is 228 g/mol. The van der Waals surface area contributed by atoms with E-state index in [0.717, 1.165) is 25.7 Å². The molecule has 0 aromatic rings. The van der Waals surface area contributed by atoms with Gasteiger partial charge in [0.2, 0.25) is 5.91 Å². The average Bonchev–Trinajstić information content (AvgIpc) is 2.37. The fourth-order valence-electron chi connectivity index (χ4n) is 2.11. The first-order valence-electron chi connectivity index (χ1n) is 6.96. The first kappa shape index (κ1) is 17.4. The lowest BCUT2D eigenvalue weighted by Crippen LogP contribution is -2.47. The molecule has 0 aliphatic rings. The van der Waals surface area contributed by atoms with Crippen LogP contribution >= 0.6 is 0 Å². The molecular formula is C14H30N2O2. The topological polar surface area (TPSA) is 75.4 Å². The Kier molecular flexibility index (Phi) is 7.48. The lowest BCUT2D eigenvalue weighted by Gasteiger charge is -2.31. The van der Waals surface area contributed by atoms with Crippen molar-refractivity contribution >= 4 is 5.91 Å². The number of hydrogen-bond acceptors (Lipinski definition) is 3. The van der Waals surface area contributed by atoms with Gasteiger partial charge in [0.25, 0.3) is 0 Å². The van der Waals surface area contributed by atoms with E-state index in [1.54, 1.807) is 0 Å². The maximum atomic E-state index is 12.2. The number of rotatable bonds is 9. The van der Waals surface area contributed by atoms with Crippen LogP contribution in [-0.4, -0.2) is 30.7 Å². The standard InChI is InChI=1S/C14H30N2O2/c1-5-14(6-2,10-15)12(18)16-11-13(3,4)8-7-9-17/h17H,5-11,15H2,1-4H3,(H,16,18). The van der Waals surface area contributed by atoms with Crippen LogP contribution in [0.25, 0.3) is 0 Å². The van der Waals surface area contributed by atoms with Crippen LogP contribution in [0.5, 0.6) is 0 Å². The smallest absolute Gasteiger partial charge is 0.227 e. The van der Waals surface area contributed by atoms with E-state index in [0.29, 0.717) is 13.1 Å². The second-order valence-electron chi connectivity index (χ2n) is 5.87. The molecule has 0 radical (unpaired) electrons. The van der Waals surface area contributed by atoms with Crippen molar-refractivity contribution in [1.82, 2.24) is 5.32 Å². The number of amides is 1. The fourth-order valence-corrected chi connectivity index (χ4v) is 2.11. The summed E-state index contributed by atoms with van der Waals surface area (Å²) in [7, 11) is 0. The zero-order valence-electron chi connectivity index (χ0n) is 12.4. The molecule has 18 heavy (non-hydrogen) atoms. The van der Waals surface area contributed by atoms with Crippen molar-refractivity contribution in [2.24, 2.45) is 16.6 Å². The minimum absolute atomic E-state index is 0.0141. The predicted molar refractivity (Wildman–Crippen MR) is 75.2 cm³/mol. The number of nitrogens with two attached hydrogens (primary N) is 1. The van der Waals surface area contributed by atoms with E-state index < -0.39 is 5.41 Å². The van der Waals surface area contributed by atoms with Crippen LogP contribution in [0, 0.1) is 10.8 Å². The normalized spacial score (nSPS) is 12.6. The summed E-state index contributed by atoms with van der Waals surface area (Å²) >= 11 is 0. The van der Waals surface area contributed by atoms with Gasteiger partial charge >= 0.3 is 0 Å². The summed E-state index contributed by atoms with van der Waals surface area (Å²) in [5.74, 6) is 0.0621. The molecule has 0 heterocycles. The molecule has 0 saturated carbocycles. The Labute approximate surface area is 111 Å². The highest BCUT2D eigenvalue weighted by Crippen LogP contribution is 2.26. The van der Waals surface area contributed by atoms with E-state index in [2.05, 4.69) is 19.2 Å². The van der Waals surface area contributed by atoms with Gasteiger partial charge in [0.05, 0.1) is 5.41 Å². The van der Waals surface area contributed by atoms with Crippen molar-refractivity contribution in [2.45, 2.75) is 53.4 Å². The molecule has 0 rings (SSSR count). The van der Waals surface area contributed by atoms with E-state index in [9.17, 15) is 4.79 Å². The molecule has 0 bridgehead atoms. The molecule has 0 aromatic heterocycles. The van der Waals surface area contributed by atoms with Gasteiger partial charge in [-0.15, -0.1) is 0 Å². The minimum Gasteiger partial charge on any atom is -0.396 e. The molecule has 108 valence electrons. The Hall–Kier alpha value is -0.610. The predicted octanol–water partition coefficient (Wildman–Crippen LogP) is 1.67. The Morgan fingerprint density at radius 1 is 1.28 bits per heavy atom.